The molecule has 3 rings (SSSR count). The third kappa shape index (κ3) is 4.63. The van der Waals surface area contributed by atoms with Gasteiger partial charge in [0.05, 0.1) is 11.3 Å². The second-order valence-electron chi connectivity index (χ2n) is 6.98. The van der Waals surface area contributed by atoms with E-state index in [1.165, 1.54) is 11.6 Å². The van der Waals surface area contributed by atoms with E-state index in [0.717, 1.165) is 22.2 Å². The second kappa shape index (κ2) is 8.85. The molecule has 2 heterocycles. The van der Waals surface area contributed by atoms with Crippen molar-refractivity contribution in [3.05, 3.63) is 52.6 Å². The zero-order chi connectivity index (χ0) is 22.0. The lowest BCUT2D eigenvalue weighted by atomic mass is 10.0. The van der Waals surface area contributed by atoms with Crippen molar-refractivity contribution in [1.29, 1.82) is 0 Å². The first-order valence-electron chi connectivity index (χ1n) is 9.09. The van der Waals surface area contributed by atoms with E-state index in [2.05, 4.69) is 13.8 Å². The molecule has 0 aliphatic carbocycles. The highest BCUT2D eigenvalue weighted by molar-refractivity contribution is 8.26. The van der Waals surface area contributed by atoms with E-state index in [1.54, 1.807) is 12.1 Å². The number of carboxylic acid groups (broad SMARTS) is 2. The van der Waals surface area contributed by atoms with Gasteiger partial charge in [0.15, 0.2) is 0 Å². The highest BCUT2D eigenvalue weighted by atomic mass is 32.2. The molecule has 1 aliphatic rings. The van der Waals surface area contributed by atoms with Gasteiger partial charge in [-0.15, -0.1) is 0 Å². The Morgan fingerprint density at radius 2 is 1.83 bits per heavy atom. The van der Waals surface area contributed by atoms with Crippen LogP contribution < -0.4 is 0 Å². The van der Waals surface area contributed by atoms with Crippen LogP contribution in [0.4, 0.5) is 0 Å². The Morgan fingerprint density at radius 3 is 2.40 bits per heavy atom. The van der Waals surface area contributed by atoms with Crippen LogP contribution in [-0.4, -0.2) is 43.3 Å². The Kier molecular flexibility index (Phi) is 6.42. The van der Waals surface area contributed by atoms with Crippen molar-refractivity contribution in [3.8, 4) is 11.3 Å². The molecule has 1 atom stereocenters. The maximum atomic E-state index is 12.7. The Bertz CT molecular complexity index is 1040. The molecule has 9 heteroatoms. The second-order valence-corrected chi connectivity index (χ2v) is 8.66. The summed E-state index contributed by atoms with van der Waals surface area (Å²) >= 11 is 6.03. The molecule has 2 N–H and O–H groups in total. The van der Waals surface area contributed by atoms with Crippen molar-refractivity contribution in [2.45, 2.75) is 32.2 Å². The summed E-state index contributed by atoms with van der Waals surface area (Å²) in [5, 5.41) is 18.3. The molecule has 1 aliphatic heterocycles. The minimum absolute atomic E-state index is 0.00375. The summed E-state index contributed by atoms with van der Waals surface area (Å²) in [5.74, 6) is -1.97. The van der Waals surface area contributed by atoms with Gasteiger partial charge in [0.25, 0.3) is 5.91 Å². The topological polar surface area (TPSA) is 108 Å². The maximum absolute atomic E-state index is 12.7. The molecular formula is C21H19NO6S2. The van der Waals surface area contributed by atoms with Gasteiger partial charge in [-0.05, 0) is 23.6 Å². The number of carbonyl (C=O) groups is 3. The molecule has 0 spiro atoms. The number of hydrogen-bond donors (Lipinski definition) is 2. The van der Waals surface area contributed by atoms with Gasteiger partial charge in [0.1, 0.15) is 21.9 Å². The van der Waals surface area contributed by atoms with Crippen molar-refractivity contribution < 1.29 is 29.0 Å². The molecule has 0 unspecified atom stereocenters. The van der Waals surface area contributed by atoms with Crippen molar-refractivity contribution in [2.75, 3.05) is 0 Å². The number of rotatable bonds is 7. The van der Waals surface area contributed by atoms with Gasteiger partial charge in [-0.1, -0.05) is 62.1 Å². The summed E-state index contributed by atoms with van der Waals surface area (Å²) in [6, 6.07) is 9.89. The summed E-state index contributed by atoms with van der Waals surface area (Å²) in [7, 11) is 0. The fourth-order valence-electron chi connectivity index (χ4n) is 2.95. The molecular weight excluding hydrogens is 426 g/mol. The Balaban J connectivity index is 1.82. The minimum atomic E-state index is -1.56. The van der Waals surface area contributed by atoms with Crippen molar-refractivity contribution in [3.63, 3.8) is 0 Å². The van der Waals surface area contributed by atoms with Gasteiger partial charge < -0.3 is 14.6 Å². The lowest BCUT2D eigenvalue weighted by Gasteiger charge is -2.21. The molecule has 2 aromatic rings. The number of hydrogen-bond acceptors (Lipinski definition) is 6. The van der Waals surface area contributed by atoms with Crippen LogP contribution in [0.15, 0.2) is 45.7 Å². The summed E-state index contributed by atoms with van der Waals surface area (Å²) in [5.41, 5.74) is 2.10. The highest BCUT2D eigenvalue weighted by Crippen LogP contribution is 2.35. The molecule has 0 radical (unpaired) electrons. The zero-order valence-corrected chi connectivity index (χ0v) is 17.8. The van der Waals surface area contributed by atoms with E-state index < -0.39 is 30.3 Å². The third-order valence-electron chi connectivity index (χ3n) is 4.55. The van der Waals surface area contributed by atoms with Crippen molar-refractivity contribution in [1.82, 2.24) is 4.90 Å². The predicted octanol–water partition coefficient (Wildman–Crippen LogP) is 4.20. The summed E-state index contributed by atoms with van der Waals surface area (Å²) in [4.78, 5) is 36.1. The Hall–Kier alpha value is -2.91. The number of thioether (sulfide) groups is 1. The maximum Gasteiger partial charge on any atom is 0.327 e. The van der Waals surface area contributed by atoms with E-state index in [-0.39, 0.29) is 9.23 Å². The molecule has 1 aromatic carbocycles. The van der Waals surface area contributed by atoms with Crippen LogP contribution in [0.2, 0.25) is 0 Å². The number of aliphatic carboxylic acids is 2. The number of benzene rings is 1. The monoisotopic (exact) mass is 445 g/mol. The lowest BCUT2D eigenvalue weighted by Crippen LogP contribution is -2.45. The normalized spacial score (nSPS) is 16.5. The van der Waals surface area contributed by atoms with E-state index in [9.17, 15) is 19.5 Å². The predicted molar refractivity (Wildman–Crippen MR) is 117 cm³/mol. The standard InChI is InChI=1S/C21H19NO6S2/c1-11(2)12-3-5-13(6-4-12)16-8-7-14(28-16)9-17-19(25)22(21(29)30-17)15(20(26)27)10-18(23)24/h3-9,11,15H,10H2,1-2H3,(H,23,24)(H,26,27)/b17-9-/t15-/m0/s1. The van der Waals surface area contributed by atoms with Crippen LogP contribution >= 0.6 is 24.0 Å². The van der Waals surface area contributed by atoms with E-state index in [0.29, 0.717) is 17.4 Å². The average molecular weight is 446 g/mol. The van der Waals surface area contributed by atoms with Gasteiger partial charge in [-0.2, -0.15) is 0 Å². The molecule has 156 valence electrons. The van der Waals surface area contributed by atoms with E-state index >= 15 is 0 Å². The van der Waals surface area contributed by atoms with Crippen LogP contribution in [0, 0.1) is 0 Å². The third-order valence-corrected chi connectivity index (χ3v) is 5.88. The molecule has 1 fully saturated rings. The number of carboxylic acids is 2. The fourth-order valence-corrected chi connectivity index (χ4v) is 4.29. The molecule has 30 heavy (non-hydrogen) atoms. The van der Waals surface area contributed by atoms with Gasteiger partial charge >= 0.3 is 11.9 Å². The number of amides is 1. The summed E-state index contributed by atoms with van der Waals surface area (Å²) in [6.45, 7) is 4.23. The quantitative estimate of drug-likeness (QED) is 0.482. The Morgan fingerprint density at radius 1 is 1.17 bits per heavy atom. The van der Waals surface area contributed by atoms with Crippen molar-refractivity contribution in [2.24, 2.45) is 0 Å². The first kappa shape index (κ1) is 21.8. The van der Waals surface area contributed by atoms with E-state index in [1.807, 2.05) is 24.3 Å². The summed E-state index contributed by atoms with van der Waals surface area (Å²) < 4.78 is 5.81. The number of nitrogens with zero attached hydrogens (tertiary/aromatic N) is 1. The number of thiocarbonyl (C=S) groups is 1. The van der Waals surface area contributed by atoms with Crippen molar-refractivity contribution >= 4 is 52.2 Å². The average Bonchev–Trinajstić information content (AvgIpc) is 3.25. The van der Waals surface area contributed by atoms with Crippen LogP contribution in [0.3, 0.4) is 0 Å². The van der Waals surface area contributed by atoms with Gasteiger partial charge in [-0.3, -0.25) is 14.5 Å². The molecule has 1 aromatic heterocycles. The molecule has 7 nitrogen and oxygen atoms in total. The SMILES string of the molecule is CC(C)c1ccc(-c2ccc(/C=C3\SC(=S)N([C@@H](CC(=O)O)C(=O)O)C3=O)o2)cc1. The number of furan rings is 1. The van der Waals surface area contributed by atoms with Crippen LogP contribution in [0.5, 0.6) is 0 Å². The smallest absolute Gasteiger partial charge is 0.327 e. The van der Waals surface area contributed by atoms with Gasteiger partial charge in [0, 0.05) is 11.6 Å². The fraction of sp³-hybridized carbons (Fsp3) is 0.238. The van der Waals surface area contributed by atoms with Crippen LogP contribution in [-0.2, 0) is 14.4 Å². The molecule has 1 amide bonds. The van der Waals surface area contributed by atoms with Gasteiger partial charge in [0.2, 0.25) is 0 Å². The van der Waals surface area contributed by atoms with E-state index in [4.69, 9.17) is 21.7 Å². The highest BCUT2D eigenvalue weighted by Gasteiger charge is 2.41. The number of carbonyl (C=O) groups excluding carboxylic acids is 1. The zero-order valence-electron chi connectivity index (χ0n) is 16.2. The first-order valence-corrected chi connectivity index (χ1v) is 10.3. The summed E-state index contributed by atoms with van der Waals surface area (Å²) in [6.07, 6.45) is 0.733. The molecule has 0 bridgehead atoms. The molecule has 0 saturated carbocycles. The van der Waals surface area contributed by atoms with Crippen LogP contribution in [0.25, 0.3) is 17.4 Å². The lowest BCUT2D eigenvalue weighted by molar-refractivity contribution is -0.150. The largest absolute Gasteiger partial charge is 0.481 e. The molecule has 1 saturated heterocycles. The van der Waals surface area contributed by atoms with Crippen LogP contribution in [0.1, 0.15) is 37.5 Å². The van der Waals surface area contributed by atoms with Gasteiger partial charge in [-0.25, -0.2) is 4.79 Å². The first-order chi connectivity index (χ1) is 14.2. The Labute approximate surface area is 182 Å². The minimum Gasteiger partial charge on any atom is -0.481 e.